The lowest BCUT2D eigenvalue weighted by Crippen LogP contribution is -2.57. The van der Waals surface area contributed by atoms with Crippen molar-refractivity contribution in [2.45, 2.75) is 52.5 Å². The first-order valence-electron chi connectivity index (χ1n) is 9.46. The number of aromatic nitrogens is 3. The molecule has 0 spiro atoms. The fraction of sp³-hybridized carbons (Fsp3) is 0.875. The molecule has 2 atom stereocenters. The van der Waals surface area contributed by atoms with Crippen LogP contribution in [0, 0.1) is 4.77 Å². The van der Waals surface area contributed by atoms with E-state index in [-0.39, 0.29) is 18.1 Å². The summed E-state index contributed by atoms with van der Waals surface area (Å²) in [6.07, 6.45) is -0.163. The van der Waals surface area contributed by atoms with E-state index in [1.54, 1.807) is 8.61 Å². The summed E-state index contributed by atoms with van der Waals surface area (Å²) in [7, 11) is -3.45. The van der Waals surface area contributed by atoms with Crippen molar-refractivity contribution in [3.8, 4) is 0 Å². The van der Waals surface area contributed by atoms with E-state index >= 15 is 0 Å². The molecule has 2 aliphatic rings. The summed E-state index contributed by atoms with van der Waals surface area (Å²) in [5.74, 6) is 1.16. The number of piperazine rings is 1. The molecule has 0 radical (unpaired) electrons. The van der Waals surface area contributed by atoms with E-state index in [9.17, 15) is 8.42 Å². The van der Waals surface area contributed by atoms with Gasteiger partial charge in [0, 0.05) is 45.2 Å². The summed E-state index contributed by atoms with van der Waals surface area (Å²) in [5, 5.41) is 3.24. The second kappa shape index (κ2) is 8.26. The van der Waals surface area contributed by atoms with E-state index in [0.29, 0.717) is 50.7 Å². The summed E-state index contributed by atoms with van der Waals surface area (Å²) < 4.78 is 37.1. The Morgan fingerprint density at radius 2 is 1.74 bits per heavy atom. The summed E-state index contributed by atoms with van der Waals surface area (Å²) in [6, 6.07) is 0. The lowest BCUT2D eigenvalue weighted by atomic mass is 10.2. The van der Waals surface area contributed by atoms with Gasteiger partial charge in [0.25, 0.3) is 10.2 Å². The Labute approximate surface area is 166 Å². The first-order valence-corrected chi connectivity index (χ1v) is 11.3. The second-order valence-corrected chi connectivity index (χ2v) is 10.0. The van der Waals surface area contributed by atoms with E-state index in [4.69, 9.17) is 17.0 Å². The SMILES string of the molecule is CC1CN(S(=O)(=O)N2CCN(Cn3[nH]c(C(C)C)nc3=S)CC2)CC(C)O1. The maximum Gasteiger partial charge on any atom is 0.282 e. The minimum Gasteiger partial charge on any atom is -0.373 e. The molecule has 0 aromatic carbocycles. The molecule has 0 saturated carbocycles. The highest BCUT2D eigenvalue weighted by Crippen LogP contribution is 2.19. The van der Waals surface area contributed by atoms with Gasteiger partial charge >= 0.3 is 0 Å². The van der Waals surface area contributed by atoms with Crippen molar-refractivity contribution >= 4 is 22.4 Å². The number of nitrogens with zero attached hydrogens (tertiary/aromatic N) is 5. The van der Waals surface area contributed by atoms with Crippen LogP contribution in [0.1, 0.15) is 39.4 Å². The topological polar surface area (TPSA) is 86.7 Å². The Hall–Kier alpha value is -0.850. The fourth-order valence-electron chi connectivity index (χ4n) is 3.51. The third-order valence-electron chi connectivity index (χ3n) is 4.95. The molecule has 2 saturated heterocycles. The maximum atomic E-state index is 13.0. The van der Waals surface area contributed by atoms with E-state index in [0.717, 1.165) is 5.82 Å². The van der Waals surface area contributed by atoms with Crippen molar-refractivity contribution in [3.63, 3.8) is 0 Å². The molecule has 1 aromatic rings. The van der Waals surface area contributed by atoms with Crippen molar-refractivity contribution in [2.75, 3.05) is 39.3 Å². The summed E-state index contributed by atoms with van der Waals surface area (Å²) in [6.45, 7) is 11.6. The summed E-state index contributed by atoms with van der Waals surface area (Å²) in [5.41, 5.74) is 0. The monoisotopic (exact) mass is 418 g/mol. The zero-order chi connectivity index (χ0) is 19.8. The van der Waals surface area contributed by atoms with Gasteiger partial charge in [-0.3, -0.25) is 10.00 Å². The quantitative estimate of drug-likeness (QED) is 0.718. The van der Waals surface area contributed by atoms with Gasteiger partial charge in [-0.25, -0.2) is 9.67 Å². The number of hydrogen-bond donors (Lipinski definition) is 1. The molecule has 1 N–H and O–H groups in total. The van der Waals surface area contributed by atoms with Crippen LogP contribution in [-0.4, -0.2) is 88.2 Å². The molecule has 1 aromatic heterocycles. The van der Waals surface area contributed by atoms with Crippen LogP contribution in [0.25, 0.3) is 0 Å². The van der Waals surface area contributed by atoms with Gasteiger partial charge in [-0.1, -0.05) is 13.8 Å². The zero-order valence-corrected chi connectivity index (χ0v) is 18.1. The summed E-state index contributed by atoms with van der Waals surface area (Å²) in [4.78, 5) is 6.57. The van der Waals surface area contributed by atoms with Gasteiger partial charge in [-0.2, -0.15) is 17.0 Å². The van der Waals surface area contributed by atoms with Crippen LogP contribution in [0.5, 0.6) is 0 Å². The van der Waals surface area contributed by atoms with Gasteiger partial charge in [0.2, 0.25) is 4.77 Å². The minimum atomic E-state index is -3.45. The summed E-state index contributed by atoms with van der Waals surface area (Å²) >= 11 is 5.32. The van der Waals surface area contributed by atoms with Crippen LogP contribution >= 0.6 is 12.2 Å². The Kier molecular flexibility index (Phi) is 6.38. The number of rotatable bonds is 5. The Morgan fingerprint density at radius 3 is 2.26 bits per heavy atom. The largest absolute Gasteiger partial charge is 0.373 e. The van der Waals surface area contributed by atoms with Gasteiger partial charge in [-0.15, -0.1) is 0 Å². The van der Waals surface area contributed by atoms with Crippen molar-refractivity contribution < 1.29 is 13.2 Å². The highest BCUT2D eigenvalue weighted by molar-refractivity contribution is 7.86. The molecule has 0 bridgehead atoms. The number of hydrogen-bond acceptors (Lipinski definition) is 6. The van der Waals surface area contributed by atoms with Crippen LogP contribution in [0.4, 0.5) is 0 Å². The fourth-order valence-corrected chi connectivity index (χ4v) is 5.46. The minimum absolute atomic E-state index is 0.0813. The third kappa shape index (κ3) is 4.77. The predicted molar refractivity (Wildman–Crippen MR) is 105 cm³/mol. The average Bonchev–Trinajstić information content (AvgIpc) is 2.95. The van der Waals surface area contributed by atoms with E-state index in [2.05, 4.69) is 28.8 Å². The first kappa shape index (κ1) is 20.9. The standard InChI is InChI=1S/C16H30N6O3S2/c1-12(2)15-17-16(26)22(18-15)11-19-5-7-20(8-6-19)27(23,24)21-9-13(3)25-14(4)10-21/h12-14H,5-11H2,1-4H3,(H,17,18,26). The predicted octanol–water partition coefficient (Wildman–Crippen LogP) is 0.993. The maximum absolute atomic E-state index is 13.0. The van der Waals surface area contributed by atoms with E-state index in [1.165, 1.54) is 0 Å². The Morgan fingerprint density at radius 1 is 1.15 bits per heavy atom. The van der Waals surface area contributed by atoms with Crippen molar-refractivity contribution in [3.05, 3.63) is 10.6 Å². The van der Waals surface area contributed by atoms with Crippen molar-refractivity contribution in [1.29, 1.82) is 0 Å². The smallest absolute Gasteiger partial charge is 0.282 e. The molecule has 27 heavy (non-hydrogen) atoms. The lowest BCUT2D eigenvalue weighted by Gasteiger charge is -2.40. The third-order valence-corrected chi connectivity index (χ3v) is 7.23. The zero-order valence-electron chi connectivity index (χ0n) is 16.5. The van der Waals surface area contributed by atoms with Gasteiger partial charge < -0.3 is 4.74 Å². The molecule has 11 heteroatoms. The number of nitrogens with one attached hydrogen (secondary N) is 1. The highest BCUT2D eigenvalue weighted by Gasteiger charge is 2.36. The van der Waals surface area contributed by atoms with Crippen molar-refractivity contribution in [1.82, 2.24) is 28.3 Å². The highest BCUT2D eigenvalue weighted by atomic mass is 32.2. The van der Waals surface area contributed by atoms with Gasteiger partial charge in [0.15, 0.2) is 0 Å². The van der Waals surface area contributed by atoms with E-state index in [1.807, 2.05) is 18.5 Å². The molecular formula is C16H30N6O3S2. The molecule has 154 valence electrons. The van der Waals surface area contributed by atoms with Gasteiger partial charge in [0.1, 0.15) is 5.82 Å². The molecule has 3 rings (SSSR count). The van der Waals surface area contributed by atoms with Crippen LogP contribution in [0.3, 0.4) is 0 Å². The molecule has 0 amide bonds. The van der Waals surface area contributed by atoms with Crippen molar-refractivity contribution in [2.24, 2.45) is 0 Å². The number of morpholine rings is 1. The molecule has 2 aliphatic heterocycles. The molecule has 2 unspecified atom stereocenters. The molecule has 3 heterocycles. The van der Waals surface area contributed by atoms with Gasteiger partial charge in [-0.05, 0) is 26.1 Å². The van der Waals surface area contributed by atoms with E-state index < -0.39 is 10.2 Å². The van der Waals surface area contributed by atoms with Crippen LogP contribution in [0.15, 0.2) is 0 Å². The molecule has 9 nitrogen and oxygen atoms in total. The average molecular weight is 419 g/mol. The number of H-pyrrole nitrogens is 1. The van der Waals surface area contributed by atoms with Crippen LogP contribution < -0.4 is 0 Å². The van der Waals surface area contributed by atoms with Crippen LogP contribution in [0.2, 0.25) is 0 Å². The normalized spacial score (nSPS) is 26.7. The molecule has 0 aliphatic carbocycles. The lowest BCUT2D eigenvalue weighted by molar-refractivity contribution is -0.0458. The molecular weight excluding hydrogens is 388 g/mol. The van der Waals surface area contributed by atoms with Gasteiger partial charge in [0.05, 0.1) is 18.9 Å². The number of ether oxygens (including phenoxy) is 1. The second-order valence-electron chi connectivity index (χ2n) is 7.71. The Bertz CT molecular complexity index is 787. The first-order chi connectivity index (χ1) is 12.7. The number of aromatic amines is 1. The Balaban J connectivity index is 1.59. The van der Waals surface area contributed by atoms with Crippen LogP contribution in [-0.2, 0) is 21.6 Å². The molecule has 2 fully saturated rings.